The van der Waals surface area contributed by atoms with Crippen LogP contribution in [0.15, 0.2) is 76.7 Å². The maximum atomic E-state index is 13.2. The summed E-state index contributed by atoms with van der Waals surface area (Å²) in [4.78, 5) is 30.8. The summed E-state index contributed by atoms with van der Waals surface area (Å²) in [6.45, 7) is 5.28. The molecule has 0 fully saturated rings. The highest BCUT2D eigenvalue weighted by atomic mass is 32.2. The van der Waals surface area contributed by atoms with E-state index in [0.29, 0.717) is 22.7 Å². The average Bonchev–Trinajstić information content (AvgIpc) is 3.20. The van der Waals surface area contributed by atoms with Gasteiger partial charge in [0.2, 0.25) is 5.91 Å². The Bertz CT molecular complexity index is 1640. The molecule has 36 heavy (non-hydrogen) atoms. The molecular formula is C28H28N4O3S. The monoisotopic (exact) mass is 500 g/mol. The van der Waals surface area contributed by atoms with Crippen LogP contribution in [0.1, 0.15) is 19.9 Å². The Hall–Kier alpha value is -3.62. The summed E-state index contributed by atoms with van der Waals surface area (Å²) in [7, 11) is 1.60. The van der Waals surface area contributed by atoms with E-state index < -0.39 is 0 Å². The third-order valence-electron chi connectivity index (χ3n) is 6.33. The van der Waals surface area contributed by atoms with E-state index in [9.17, 15) is 9.59 Å². The Morgan fingerprint density at radius 1 is 1.03 bits per heavy atom. The molecule has 0 bridgehead atoms. The van der Waals surface area contributed by atoms with Gasteiger partial charge in [0, 0.05) is 41.1 Å². The summed E-state index contributed by atoms with van der Waals surface area (Å²) in [6, 6.07) is 21.4. The number of ether oxygens (including phenoxy) is 1. The molecule has 0 aliphatic heterocycles. The van der Waals surface area contributed by atoms with Gasteiger partial charge in [0.15, 0.2) is 5.16 Å². The van der Waals surface area contributed by atoms with Crippen LogP contribution in [0.2, 0.25) is 0 Å². The second-order valence-corrected chi connectivity index (χ2v) is 9.66. The maximum Gasteiger partial charge on any atom is 0.262 e. The van der Waals surface area contributed by atoms with Crippen molar-refractivity contribution in [1.82, 2.24) is 14.1 Å². The minimum Gasteiger partial charge on any atom is -0.383 e. The number of methoxy groups -OCH3 is 1. The van der Waals surface area contributed by atoms with Gasteiger partial charge in [-0.2, -0.15) is 0 Å². The predicted molar refractivity (Wildman–Crippen MR) is 147 cm³/mol. The number of amides is 1. The molecule has 3 aromatic carbocycles. The highest BCUT2D eigenvalue weighted by molar-refractivity contribution is 7.99. The molecule has 0 saturated heterocycles. The number of hydrogen-bond acceptors (Lipinski definition) is 5. The van der Waals surface area contributed by atoms with Crippen molar-refractivity contribution >= 4 is 56.1 Å². The van der Waals surface area contributed by atoms with E-state index in [1.54, 1.807) is 17.7 Å². The van der Waals surface area contributed by atoms with Gasteiger partial charge in [-0.05, 0) is 50.2 Å². The van der Waals surface area contributed by atoms with E-state index >= 15 is 0 Å². The van der Waals surface area contributed by atoms with Gasteiger partial charge >= 0.3 is 0 Å². The zero-order valence-corrected chi connectivity index (χ0v) is 21.3. The Balaban J connectivity index is 1.40. The molecule has 0 spiro atoms. The normalized spacial score (nSPS) is 12.4. The number of aromatic nitrogens is 3. The van der Waals surface area contributed by atoms with Crippen molar-refractivity contribution in [3.05, 3.63) is 77.1 Å². The lowest BCUT2D eigenvalue weighted by molar-refractivity contribution is -0.113. The Morgan fingerprint density at radius 2 is 1.75 bits per heavy atom. The number of rotatable bonds is 8. The van der Waals surface area contributed by atoms with Gasteiger partial charge in [-0.3, -0.25) is 14.2 Å². The molecule has 1 amide bonds. The van der Waals surface area contributed by atoms with Crippen molar-refractivity contribution in [2.24, 2.45) is 0 Å². The number of hydrogen-bond donors (Lipinski definition) is 1. The number of thioether (sulfide) groups is 1. The lowest BCUT2D eigenvalue weighted by atomic mass is 10.1. The summed E-state index contributed by atoms with van der Waals surface area (Å²) in [5, 5.41) is 6.33. The van der Waals surface area contributed by atoms with Crippen LogP contribution in [0, 0.1) is 0 Å². The molecular weight excluding hydrogens is 472 g/mol. The Labute approximate surface area is 213 Å². The smallest absolute Gasteiger partial charge is 0.262 e. The number of aryl methyl sites for hydroxylation is 1. The van der Waals surface area contributed by atoms with Crippen LogP contribution < -0.4 is 10.9 Å². The third-order valence-corrected chi connectivity index (χ3v) is 7.28. The minimum absolute atomic E-state index is 0.124. The zero-order valence-electron chi connectivity index (χ0n) is 20.5. The molecule has 2 heterocycles. The number of benzene rings is 3. The minimum atomic E-state index is -0.219. The molecule has 0 aliphatic rings. The summed E-state index contributed by atoms with van der Waals surface area (Å²) in [6.07, 6.45) is 0. The van der Waals surface area contributed by atoms with Crippen LogP contribution in [0.3, 0.4) is 0 Å². The van der Waals surface area contributed by atoms with E-state index in [1.807, 2.05) is 49.4 Å². The molecule has 0 aliphatic carbocycles. The van der Waals surface area contributed by atoms with Crippen LogP contribution in [0.5, 0.6) is 0 Å². The maximum absolute atomic E-state index is 13.2. The molecule has 0 saturated carbocycles. The van der Waals surface area contributed by atoms with Gasteiger partial charge in [-0.1, -0.05) is 42.1 Å². The first kappa shape index (κ1) is 24.1. The lowest BCUT2D eigenvalue weighted by Crippen LogP contribution is -2.29. The van der Waals surface area contributed by atoms with Gasteiger partial charge in [0.25, 0.3) is 5.56 Å². The highest BCUT2D eigenvalue weighted by Crippen LogP contribution is 2.31. The Kier molecular flexibility index (Phi) is 6.80. The molecule has 5 aromatic rings. The fraction of sp³-hybridized carbons (Fsp3) is 0.250. The largest absolute Gasteiger partial charge is 0.383 e. The van der Waals surface area contributed by atoms with Crippen molar-refractivity contribution < 1.29 is 9.53 Å². The van der Waals surface area contributed by atoms with Crippen LogP contribution in [0.25, 0.3) is 32.7 Å². The molecule has 0 unspecified atom stereocenters. The summed E-state index contributed by atoms with van der Waals surface area (Å²) in [5.74, 6) is -0.0360. The quantitative estimate of drug-likeness (QED) is 0.226. The fourth-order valence-corrected chi connectivity index (χ4v) is 5.63. The lowest BCUT2D eigenvalue weighted by Gasteiger charge is -2.18. The highest BCUT2D eigenvalue weighted by Gasteiger charge is 2.18. The Morgan fingerprint density at radius 3 is 2.53 bits per heavy atom. The summed E-state index contributed by atoms with van der Waals surface area (Å²) < 4.78 is 9.18. The van der Waals surface area contributed by atoms with Crippen molar-refractivity contribution in [3.63, 3.8) is 0 Å². The van der Waals surface area contributed by atoms with Crippen molar-refractivity contribution in [2.45, 2.75) is 31.6 Å². The van der Waals surface area contributed by atoms with Gasteiger partial charge in [0.05, 0.1) is 29.3 Å². The van der Waals surface area contributed by atoms with Gasteiger partial charge < -0.3 is 14.6 Å². The van der Waals surface area contributed by atoms with Crippen LogP contribution in [-0.2, 0) is 16.1 Å². The third kappa shape index (κ3) is 4.38. The van der Waals surface area contributed by atoms with Gasteiger partial charge in [-0.25, -0.2) is 4.98 Å². The predicted octanol–water partition coefficient (Wildman–Crippen LogP) is 5.46. The number of carbonyl (C=O) groups excluding carboxylic acids is 1. The number of nitrogens with one attached hydrogen (secondary N) is 1. The molecule has 8 heteroatoms. The fourth-order valence-electron chi connectivity index (χ4n) is 4.73. The van der Waals surface area contributed by atoms with E-state index in [-0.39, 0.29) is 23.3 Å². The zero-order chi connectivity index (χ0) is 25.2. The average molecular weight is 501 g/mol. The van der Waals surface area contributed by atoms with E-state index in [1.165, 1.54) is 17.3 Å². The number of para-hydroxylation sites is 2. The standard InChI is InChI=1S/C28H28N4O3S/c1-4-31-24-12-8-6-9-20(24)22-15-19(13-14-25(22)31)29-26(33)17-36-28-30-23-11-7-5-10-21(23)27(34)32(28)18(2)16-35-3/h5-15,18H,4,16-17H2,1-3H3,(H,29,33)/t18-/m1/s1. The SMILES string of the molecule is CCn1c2ccccc2c2cc(NC(=O)CSc3nc4ccccc4c(=O)n3[C@H](C)COC)ccc21. The van der Waals surface area contributed by atoms with Crippen LogP contribution in [0.4, 0.5) is 5.69 Å². The number of nitrogens with zero attached hydrogens (tertiary/aromatic N) is 3. The number of anilines is 1. The molecule has 5 rings (SSSR count). The number of fused-ring (bicyclic) bond motifs is 4. The molecule has 184 valence electrons. The van der Waals surface area contributed by atoms with E-state index in [0.717, 1.165) is 28.5 Å². The van der Waals surface area contributed by atoms with Crippen molar-refractivity contribution in [1.29, 1.82) is 0 Å². The first-order valence-electron chi connectivity index (χ1n) is 12.0. The first-order chi connectivity index (χ1) is 17.5. The second kappa shape index (κ2) is 10.2. The summed E-state index contributed by atoms with van der Waals surface area (Å²) >= 11 is 1.25. The number of carbonyl (C=O) groups is 1. The van der Waals surface area contributed by atoms with Gasteiger partial charge in [-0.15, -0.1) is 0 Å². The molecule has 7 nitrogen and oxygen atoms in total. The second-order valence-electron chi connectivity index (χ2n) is 8.72. The van der Waals surface area contributed by atoms with Crippen molar-refractivity contribution in [2.75, 3.05) is 24.8 Å². The molecule has 1 atom stereocenters. The first-order valence-corrected chi connectivity index (χ1v) is 12.9. The van der Waals surface area contributed by atoms with Crippen LogP contribution in [-0.4, -0.2) is 39.5 Å². The van der Waals surface area contributed by atoms with E-state index in [2.05, 4.69) is 35.0 Å². The molecule has 0 radical (unpaired) electrons. The molecule has 1 N–H and O–H groups in total. The van der Waals surface area contributed by atoms with Crippen molar-refractivity contribution in [3.8, 4) is 0 Å². The van der Waals surface area contributed by atoms with E-state index in [4.69, 9.17) is 9.72 Å². The molecule has 2 aromatic heterocycles. The van der Waals surface area contributed by atoms with Gasteiger partial charge in [0.1, 0.15) is 0 Å². The topological polar surface area (TPSA) is 78.2 Å². The summed E-state index contributed by atoms with van der Waals surface area (Å²) in [5.41, 5.74) is 3.54. The van der Waals surface area contributed by atoms with Crippen LogP contribution >= 0.6 is 11.8 Å².